The normalized spacial score (nSPS) is 12.8. The van der Waals surface area contributed by atoms with Gasteiger partial charge < -0.3 is 10.6 Å². The second kappa shape index (κ2) is 7.54. The number of hydrogen-bond donors (Lipinski definition) is 1. The Hall–Kier alpha value is -1.02. The summed E-state index contributed by atoms with van der Waals surface area (Å²) >= 11 is 0. The molecule has 0 radical (unpaired) electrons. The van der Waals surface area contributed by atoms with Crippen LogP contribution in [0, 0.1) is 25.7 Å². The van der Waals surface area contributed by atoms with Crippen LogP contribution in [0.1, 0.15) is 37.8 Å². The Labute approximate surface area is 119 Å². The number of rotatable bonds is 7. The molecule has 0 saturated heterocycles. The smallest absolute Gasteiger partial charge is 0.0368 e. The van der Waals surface area contributed by atoms with Gasteiger partial charge in [0.15, 0.2) is 0 Å². The van der Waals surface area contributed by atoms with Crippen molar-refractivity contribution >= 4 is 5.69 Å². The van der Waals surface area contributed by atoms with Gasteiger partial charge in [-0.05, 0) is 68.3 Å². The molecular weight excluding hydrogens is 232 g/mol. The van der Waals surface area contributed by atoms with Crippen LogP contribution < -0.4 is 10.6 Å². The van der Waals surface area contributed by atoms with Crippen LogP contribution in [0.15, 0.2) is 18.2 Å². The summed E-state index contributed by atoms with van der Waals surface area (Å²) < 4.78 is 0. The molecule has 0 heterocycles. The van der Waals surface area contributed by atoms with Crippen LogP contribution in [0.25, 0.3) is 0 Å². The third-order valence-electron chi connectivity index (χ3n) is 3.66. The van der Waals surface area contributed by atoms with E-state index >= 15 is 0 Å². The Morgan fingerprint density at radius 2 is 1.68 bits per heavy atom. The van der Waals surface area contributed by atoms with Gasteiger partial charge in [-0.25, -0.2) is 0 Å². The predicted molar refractivity (Wildman–Crippen MR) is 85.8 cm³/mol. The van der Waals surface area contributed by atoms with Crippen LogP contribution >= 0.6 is 0 Å². The van der Waals surface area contributed by atoms with Crippen LogP contribution in [-0.2, 0) is 0 Å². The molecule has 0 aliphatic carbocycles. The first-order chi connectivity index (χ1) is 8.92. The average Bonchev–Trinajstić information content (AvgIpc) is 2.32. The summed E-state index contributed by atoms with van der Waals surface area (Å²) in [5, 5.41) is 0. The molecule has 0 aromatic heterocycles. The molecule has 0 amide bonds. The summed E-state index contributed by atoms with van der Waals surface area (Å²) in [5.74, 6) is 1.38. The second-order valence-electron chi connectivity index (χ2n) is 6.29. The van der Waals surface area contributed by atoms with Crippen molar-refractivity contribution in [1.82, 2.24) is 0 Å². The topological polar surface area (TPSA) is 29.3 Å². The molecule has 0 aliphatic heterocycles. The van der Waals surface area contributed by atoms with Gasteiger partial charge in [0.25, 0.3) is 0 Å². The maximum Gasteiger partial charge on any atom is 0.0368 e. The zero-order valence-corrected chi connectivity index (χ0v) is 13.2. The first-order valence-corrected chi connectivity index (χ1v) is 7.42. The molecule has 0 spiro atoms. The first kappa shape index (κ1) is 16.0. The quantitative estimate of drug-likeness (QED) is 0.811. The van der Waals surface area contributed by atoms with Gasteiger partial charge in [-0.1, -0.05) is 19.9 Å². The van der Waals surface area contributed by atoms with Crippen molar-refractivity contribution < 1.29 is 0 Å². The van der Waals surface area contributed by atoms with Gasteiger partial charge in [-0.2, -0.15) is 0 Å². The van der Waals surface area contributed by atoms with Crippen molar-refractivity contribution in [2.45, 2.75) is 40.5 Å². The summed E-state index contributed by atoms with van der Waals surface area (Å²) in [4.78, 5) is 2.35. The lowest BCUT2D eigenvalue weighted by molar-refractivity contribution is 0.396. The largest absolute Gasteiger partial charge is 0.375 e. The minimum atomic E-state index is 0.647. The molecule has 0 fully saturated rings. The fraction of sp³-hybridized carbons (Fsp3) is 0.647. The molecule has 1 atom stereocenters. The highest BCUT2D eigenvalue weighted by Crippen LogP contribution is 2.20. The number of hydrogen-bond acceptors (Lipinski definition) is 2. The summed E-state index contributed by atoms with van der Waals surface area (Å²) in [6, 6.07) is 6.73. The summed E-state index contributed by atoms with van der Waals surface area (Å²) in [7, 11) is 2.18. The van der Waals surface area contributed by atoms with Crippen LogP contribution in [0.3, 0.4) is 0 Å². The van der Waals surface area contributed by atoms with E-state index in [-0.39, 0.29) is 0 Å². The lowest BCUT2D eigenvalue weighted by Crippen LogP contribution is -2.25. The zero-order valence-electron chi connectivity index (χ0n) is 13.2. The van der Waals surface area contributed by atoms with Gasteiger partial charge in [-0.15, -0.1) is 0 Å². The highest BCUT2D eigenvalue weighted by Gasteiger charge is 2.11. The number of benzene rings is 1. The van der Waals surface area contributed by atoms with E-state index in [2.05, 4.69) is 57.8 Å². The Morgan fingerprint density at radius 1 is 1.11 bits per heavy atom. The van der Waals surface area contributed by atoms with Crippen LogP contribution in [0.4, 0.5) is 5.69 Å². The Bertz CT molecular complexity index is 365. The van der Waals surface area contributed by atoms with Crippen molar-refractivity contribution in [3.63, 3.8) is 0 Å². The third kappa shape index (κ3) is 5.65. The number of aryl methyl sites for hydroxylation is 2. The Morgan fingerprint density at radius 3 is 2.16 bits per heavy atom. The third-order valence-corrected chi connectivity index (χ3v) is 3.66. The molecule has 2 N–H and O–H groups in total. The first-order valence-electron chi connectivity index (χ1n) is 7.42. The summed E-state index contributed by atoms with van der Waals surface area (Å²) in [6.45, 7) is 10.8. The molecule has 108 valence electrons. The molecule has 1 rings (SSSR count). The van der Waals surface area contributed by atoms with Crippen molar-refractivity contribution in [3.05, 3.63) is 29.3 Å². The minimum absolute atomic E-state index is 0.647. The van der Waals surface area contributed by atoms with Gasteiger partial charge in [0.1, 0.15) is 0 Å². The molecular formula is C17H30N2. The molecule has 0 saturated carbocycles. The van der Waals surface area contributed by atoms with E-state index in [0.29, 0.717) is 5.92 Å². The molecule has 2 nitrogen and oxygen atoms in total. The van der Waals surface area contributed by atoms with E-state index < -0.39 is 0 Å². The molecule has 0 aliphatic rings. The standard InChI is InChI=1S/C17H30N2/c1-13(2)8-16(12-18)6-7-19(5)17-10-14(3)9-15(4)11-17/h9-11,13,16H,6-8,12,18H2,1-5H3. The van der Waals surface area contributed by atoms with Gasteiger partial charge >= 0.3 is 0 Å². The van der Waals surface area contributed by atoms with Crippen molar-refractivity contribution in [3.8, 4) is 0 Å². The minimum Gasteiger partial charge on any atom is -0.375 e. The van der Waals surface area contributed by atoms with E-state index in [4.69, 9.17) is 5.73 Å². The van der Waals surface area contributed by atoms with Crippen molar-refractivity contribution in [1.29, 1.82) is 0 Å². The molecule has 19 heavy (non-hydrogen) atoms. The lowest BCUT2D eigenvalue weighted by Gasteiger charge is -2.24. The highest BCUT2D eigenvalue weighted by atomic mass is 15.1. The van der Waals surface area contributed by atoms with Gasteiger partial charge in [0.05, 0.1) is 0 Å². The highest BCUT2D eigenvalue weighted by molar-refractivity contribution is 5.50. The van der Waals surface area contributed by atoms with E-state index in [1.807, 2.05) is 0 Å². The van der Waals surface area contributed by atoms with Crippen LogP contribution in [0.2, 0.25) is 0 Å². The van der Waals surface area contributed by atoms with Crippen LogP contribution in [-0.4, -0.2) is 20.1 Å². The van der Waals surface area contributed by atoms with Gasteiger partial charge in [0, 0.05) is 19.3 Å². The molecule has 1 aromatic carbocycles. The van der Waals surface area contributed by atoms with E-state index in [1.54, 1.807) is 0 Å². The van der Waals surface area contributed by atoms with Gasteiger partial charge in [0.2, 0.25) is 0 Å². The second-order valence-corrected chi connectivity index (χ2v) is 6.29. The fourth-order valence-electron chi connectivity index (χ4n) is 2.67. The molecule has 1 aromatic rings. The average molecular weight is 262 g/mol. The Balaban J connectivity index is 2.56. The monoisotopic (exact) mass is 262 g/mol. The summed E-state index contributed by atoms with van der Waals surface area (Å²) in [6.07, 6.45) is 2.41. The predicted octanol–water partition coefficient (Wildman–Crippen LogP) is 3.75. The summed E-state index contributed by atoms with van der Waals surface area (Å²) in [5.41, 5.74) is 9.86. The maximum atomic E-state index is 5.88. The lowest BCUT2D eigenvalue weighted by atomic mass is 9.94. The molecule has 1 unspecified atom stereocenters. The number of anilines is 1. The Kier molecular flexibility index (Phi) is 6.36. The van der Waals surface area contributed by atoms with E-state index in [0.717, 1.165) is 19.0 Å². The SMILES string of the molecule is Cc1cc(C)cc(N(C)CCC(CN)CC(C)C)c1. The number of nitrogens with zero attached hydrogens (tertiary/aromatic N) is 1. The van der Waals surface area contributed by atoms with Crippen LogP contribution in [0.5, 0.6) is 0 Å². The van der Waals surface area contributed by atoms with Crippen molar-refractivity contribution in [2.24, 2.45) is 17.6 Å². The molecule has 2 heteroatoms. The van der Waals surface area contributed by atoms with E-state index in [9.17, 15) is 0 Å². The van der Waals surface area contributed by atoms with E-state index in [1.165, 1.54) is 29.7 Å². The maximum absolute atomic E-state index is 5.88. The number of nitrogens with two attached hydrogens (primary N) is 1. The van der Waals surface area contributed by atoms with Crippen molar-refractivity contribution in [2.75, 3.05) is 25.0 Å². The van der Waals surface area contributed by atoms with Gasteiger partial charge in [-0.3, -0.25) is 0 Å². The zero-order chi connectivity index (χ0) is 14.4. The fourth-order valence-corrected chi connectivity index (χ4v) is 2.67. The molecule has 0 bridgehead atoms.